The number of benzene rings is 2. The van der Waals surface area contributed by atoms with Crippen molar-refractivity contribution < 1.29 is 13.2 Å². The van der Waals surface area contributed by atoms with E-state index < -0.39 is 10.0 Å². The van der Waals surface area contributed by atoms with Crippen LogP contribution in [-0.4, -0.2) is 58.1 Å². The van der Waals surface area contributed by atoms with Crippen LogP contribution < -0.4 is 14.4 Å². The van der Waals surface area contributed by atoms with Crippen LogP contribution in [0, 0.1) is 0 Å². The van der Waals surface area contributed by atoms with Crippen molar-refractivity contribution in [1.29, 1.82) is 0 Å². The van der Waals surface area contributed by atoms with Crippen molar-refractivity contribution in [2.75, 3.05) is 44.7 Å². The van der Waals surface area contributed by atoms with Crippen LogP contribution in [0.4, 0.5) is 5.69 Å². The number of sulfonamides is 1. The second kappa shape index (κ2) is 10.5. The van der Waals surface area contributed by atoms with E-state index in [1.54, 1.807) is 31.6 Å². The average Bonchev–Trinajstić information content (AvgIpc) is 2.85. The molecule has 7 nitrogen and oxygen atoms in total. The number of nitrogens with one attached hydrogen (secondary N) is 1. The number of pyridine rings is 1. The van der Waals surface area contributed by atoms with Crippen molar-refractivity contribution >= 4 is 27.3 Å². The number of para-hydroxylation sites is 2. The van der Waals surface area contributed by atoms with E-state index in [0.29, 0.717) is 5.02 Å². The summed E-state index contributed by atoms with van der Waals surface area (Å²) in [5.41, 5.74) is 2.04. The molecule has 4 rings (SSSR count). The molecular formula is C24H27ClN4O3S. The molecule has 0 aliphatic carbocycles. The molecular weight excluding hydrogens is 460 g/mol. The van der Waals surface area contributed by atoms with Crippen molar-refractivity contribution in [3.63, 3.8) is 0 Å². The fourth-order valence-corrected chi connectivity index (χ4v) is 5.25. The van der Waals surface area contributed by atoms with Crippen LogP contribution in [0.25, 0.3) is 0 Å². The summed E-state index contributed by atoms with van der Waals surface area (Å²) >= 11 is 5.91. The number of piperazine rings is 1. The Morgan fingerprint density at radius 2 is 1.76 bits per heavy atom. The molecule has 1 fully saturated rings. The molecule has 1 saturated heterocycles. The van der Waals surface area contributed by atoms with Crippen LogP contribution in [0.3, 0.4) is 0 Å². The first-order valence-electron chi connectivity index (χ1n) is 10.7. The molecule has 1 aliphatic heterocycles. The monoisotopic (exact) mass is 486 g/mol. The smallest absolute Gasteiger partial charge is 0.240 e. The average molecular weight is 487 g/mol. The van der Waals surface area contributed by atoms with Gasteiger partial charge in [-0.2, -0.15) is 0 Å². The molecule has 0 spiro atoms. The molecule has 33 heavy (non-hydrogen) atoms. The summed E-state index contributed by atoms with van der Waals surface area (Å²) in [6, 6.07) is 17.9. The zero-order valence-corrected chi connectivity index (χ0v) is 20.0. The van der Waals surface area contributed by atoms with Gasteiger partial charge in [-0.3, -0.25) is 9.88 Å². The van der Waals surface area contributed by atoms with Gasteiger partial charge in [0.05, 0.1) is 23.7 Å². The van der Waals surface area contributed by atoms with E-state index in [9.17, 15) is 8.42 Å². The summed E-state index contributed by atoms with van der Waals surface area (Å²) < 4.78 is 34.0. The van der Waals surface area contributed by atoms with Crippen molar-refractivity contribution in [2.24, 2.45) is 0 Å². The Morgan fingerprint density at radius 3 is 2.42 bits per heavy atom. The molecule has 1 atom stereocenters. The highest BCUT2D eigenvalue weighted by Crippen LogP contribution is 2.30. The minimum atomic E-state index is -3.66. The molecule has 0 bridgehead atoms. The third kappa shape index (κ3) is 5.65. The van der Waals surface area contributed by atoms with E-state index in [0.717, 1.165) is 43.2 Å². The number of hydrogen-bond acceptors (Lipinski definition) is 6. The van der Waals surface area contributed by atoms with Gasteiger partial charge in [0.2, 0.25) is 10.0 Å². The van der Waals surface area contributed by atoms with Gasteiger partial charge in [-0.1, -0.05) is 29.8 Å². The van der Waals surface area contributed by atoms with Gasteiger partial charge in [0.1, 0.15) is 5.75 Å². The molecule has 2 aromatic carbocycles. The number of methoxy groups -OCH3 is 1. The van der Waals surface area contributed by atoms with Crippen molar-refractivity contribution in [1.82, 2.24) is 14.6 Å². The lowest BCUT2D eigenvalue weighted by Gasteiger charge is -2.40. The normalized spacial score (nSPS) is 15.9. The van der Waals surface area contributed by atoms with Crippen LogP contribution in [0.2, 0.25) is 5.02 Å². The standard InChI is InChI=1S/C24H27ClN4O3S/c1-32-24-7-3-2-6-22(24)28-13-15-29(16-14-28)23(19-5-4-12-26-17-19)18-27-33(30,31)21-10-8-20(25)9-11-21/h2-12,17,23,27H,13-16,18H2,1H3. The molecule has 1 N–H and O–H groups in total. The largest absolute Gasteiger partial charge is 0.495 e. The zero-order chi connectivity index (χ0) is 23.3. The number of rotatable bonds is 8. The van der Waals surface area contributed by atoms with Gasteiger partial charge >= 0.3 is 0 Å². The zero-order valence-electron chi connectivity index (χ0n) is 18.4. The minimum Gasteiger partial charge on any atom is -0.495 e. The maximum atomic E-state index is 12.9. The molecule has 0 saturated carbocycles. The predicted molar refractivity (Wildman–Crippen MR) is 130 cm³/mol. The first-order chi connectivity index (χ1) is 16.0. The highest BCUT2D eigenvalue weighted by atomic mass is 35.5. The van der Waals surface area contributed by atoms with Gasteiger partial charge in [0.15, 0.2) is 0 Å². The fraction of sp³-hybridized carbons (Fsp3) is 0.292. The Labute approximate surface area is 200 Å². The number of anilines is 1. The summed E-state index contributed by atoms with van der Waals surface area (Å²) in [6.07, 6.45) is 3.52. The van der Waals surface area contributed by atoms with Crippen molar-refractivity contribution in [2.45, 2.75) is 10.9 Å². The van der Waals surface area contributed by atoms with E-state index in [2.05, 4.69) is 25.6 Å². The minimum absolute atomic E-state index is 0.138. The first-order valence-corrected chi connectivity index (χ1v) is 12.6. The summed E-state index contributed by atoms with van der Waals surface area (Å²) in [5, 5.41) is 0.495. The van der Waals surface area contributed by atoms with E-state index >= 15 is 0 Å². The Kier molecular flexibility index (Phi) is 7.49. The summed E-state index contributed by atoms with van der Waals surface area (Å²) in [5.74, 6) is 0.852. The number of ether oxygens (including phenoxy) is 1. The lowest BCUT2D eigenvalue weighted by Crippen LogP contribution is -2.50. The number of halogens is 1. The van der Waals surface area contributed by atoms with E-state index in [-0.39, 0.29) is 17.5 Å². The van der Waals surface area contributed by atoms with Gasteiger partial charge in [-0.25, -0.2) is 13.1 Å². The molecule has 174 valence electrons. The number of nitrogens with zero attached hydrogens (tertiary/aromatic N) is 3. The van der Waals surface area contributed by atoms with E-state index in [1.807, 2.05) is 30.3 Å². The van der Waals surface area contributed by atoms with Crippen LogP contribution in [0.1, 0.15) is 11.6 Å². The van der Waals surface area contributed by atoms with Crippen molar-refractivity contribution in [3.8, 4) is 5.75 Å². The van der Waals surface area contributed by atoms with Gasteiger partial charge < -0.3 is 9.64 Å². The summed E-state index contributed by atoms with van der Waals surface area (Å²) in [6.45, 7) is 3.41. The second-order valence-corrected chi connectivity index (χ2v) is 10.0. The van der Waals surface area contributed by atoms with E-state index in [1.165, 1.54) is 12.1 Å². The first kappa shape index (κ1) is 23.5. The number of hydrogen-bond donors (Lipinski definition) is 1. The molecule has 3 aromatic rings. The molecule has 1 aromatic heterocycles. The SMILES string of the molecule is COc1ccccc1N1CCN(C(CNS(=O)(=O)c2ccc(Cl)cc2)c2cccnc2)CC1. The lowest BCUT2D eigenvalue weighted by atomic mass is 10.1. The van der Waals surface area contributed by atoms with Gasteiger partial charge in [-0.15, -0.1) is 0 Å². The predicted octanol–water partition coefficient (Wildman–Crippen LogP) is 3.59. The maximum absolute atomic E-state index is 12.9. The third-order valence-electron chi connectivity index (χ3n) is 5.84. The van der Waals surface area contributed by atoms with Gasteiger partial charge in [0.25, 0.3) is 0 Å². The highest BCUT2D eigenvalue weighted by Gasteiger charge is 2.28. The molecule has 2 heterocycles. The van der Waals surface area contributed by atoms with Gasteiger partial charge in [0, 0.05) is 50.1 Å². The maximum Gasteiger partial charge on any atom is 0.240 e. The molecule has 0 radical (unpaired) electrons. The third-order valence-corrected chi connectivity index (χ3v) is 7.53. The molecule has 1 unspecified atom stereocenters. The van der Waals surface area contributed by atoms with Crippen LogP contribution >= 0.6 is 11.6 Å². The molecule has 9 heteroatoms. The lowest BCUT2D eigenvalue weighted by molar-refractivity contribution is 0.186. The Hall–Kier alpha value is -2.65. The summed E-state index contributed by atoms with van der Waals surface area (Å²) in [7, 11) is -1.98. The Balaban J connectivity index is 1.48. The molecule has 0 amide bonds. The fourth-order valence-electron chi connectivity index (χ4n) is 4.08. The highest BCUT2D eigenvalue weighted by molar-refractivity contribution is 7.89. The number of aromatic nitrogens is 1. The topological polar surface area (TPSA) is 74.8 Å². The Bertz CT molecular complexity index is 1150. The van der Waals surface area contributed by atoms with Crippen LogP contribution in [0.5, 0.6) is 5.75 Å². The van der Waals surface area contributed by atoms with Crippen LogP contribution in [0.15, 0.2) is 78.0 Å². The quantitative estimate of drug-likeness (QED) is 0.524. The van der Waals surface area contributed by atoms with E-state index in [4.69, 9.17) is 16.3 Å². The Morgan fingerprint density at radius 1 is 1.03 bits per heavy atom. The molecule has 1 aliphatic rings. The van der Waals surface area contributed by atoms with Crippen molar-refractivity contribution in [3.05, 3.63) is 83.6 Å². The second-order valence-electron chi connectivity index (χ2n) is 7.80. The van der Waals surface area contributed by atoms with Crippen LogP contribution in [-0.2, 0) is 10.0 Å². The van der Waals surface area contributed by atoms with Gasteiger partial charge in [-0.05, 0) is 48.0 Å². The summed E-state index contributed by atoms with van der Waals surface area (Å²) in [4.78, 5) is 9.04.